The molecule has 1 fully saturated rings. The number of alkyl halides is 3. The minimum Gasteiger partial charge on any atom is -0.369 e. The fourth-order valence-corrected chi connectivity index (χ4v) is 3.34. The number of nitrogens with zero attached hydrogens (tertiary/aromatic N) is 1. The first-order valence-corrected chi connectivity index (χ1v) is 8.42. The molecule has 1 aliphatic rings. The number of nitrogens with two attached hydrogens (primary N) is 1. The number of anilines is 1. The summed E-state index contributed by atoms with van der Waals surface area (Å²) in [5.41, 5.74) is 7.38. The van der Waals surface area contributed by atoms with E-state index < -0.39 is 17.8 Å². The van der Waals surface area contributed by atoms with Gasteiger partial charge in [-0.25, -0.2) is 0 Å². The Kier molecular flexibility index (Phi) is 5.30. The fraction of sp³-hybridized carbons (Fsp3) is 0.368. The molecule has 1 atom stereocenters. The van der Waals surface area contributed by atoms with Crippen LogP contribution in [0.5, 0.6) is 0 Å². The lowest BCUT2D eigenvalue weighted by Gasteiger charge is -2.33. The Hall–Kier alpha value is -2.05. The molecule has 0 spiro atoms. The second kappa shape index (κ2) is 7.45. The molecule has 0 aromatic heterocycles. The van der Waals surface area contributed by atoms with E-state index in [-0.39, 0.29) is 5.56 Å². The van der Waals surface area contributed by atoms with Gasteiger partial charge in [0.2, 0.25) is 0 Å². The Balaban J connectivity index is 2.01. The fourth-order valence-electron chi connectivity index (χ4n) is 3.34. The largest absolute Gasteiger partial charge is 0.416 e. The first kappa shape index (κ1) is 17.8. The molecular weight excluding hydrogens is 327 g/mol. The van der Waals surface area contributed by atoms with Crippen LogP contribution in [0.3, 0.4) is 0 Å². The average Bonchev–Trinajstić information content (AvgIpc) is 2.62. The van der Waals surface area contributed by atoms with Crippen molar-refractivity contribution in [2.24, 2.45) is 5.73 Å². The predicted octanol–water partition coefficient (Wildman–Crippen LogP) is 3.36. The Labute approximate surface area is 145 Å². The number of halogens is 3. The Morgan fingerprint density at radius 2 is 1.68 bits per heavy atom. The molecule has 0 amide bonds. The predicted molar refractivity (Wildman–Crippen MR) is 93.6 cm³/mol. The molecule has 0 saturated carbocycles. The average molecular weight is 349 g/mol. The second-order valence-electron chi connectivity index (χ2n) is 6.27. The van der Waals surface area contributed by atoms with Crippen LogP contribution in [0.4, 0.5) is 18.9 Å². The minimum absolute atomic E-state index is 0.195. The van der Waals surface area contributed by atoms with Crippen LogP contribution in [0.15, 0.2) is 48.5 Å². The maximum Gasteiger partial charge on any atom is 0.416 e. The lowest BCUT2D eigenvalue weighted by Crippen LogP contribution is -2.44. The summed E-state index contributed by atoms with van der Waals surface area (Å²) in [4.78, 5) is 1.99. The molecule has 6 heteroatoms. The summed E-state index contributed by atoms with van der Waals surface area (Å²) >= 11 is 0. The highest BCUT2D eigenvalue weighted by Crippen LogP contribution is 2.39. The molecule has 0 radical (unpaired) electrons. The van der Waals surface area contributed by atoms with Gasteiger partial charge in [0, 0.05) is 43.5 Å². The van der Waals surface area contributed by atoms with Gasteiger partial charge < -0.3 is 16.0 Å². The van der Waals surface area contributed by atoms with Crippen molar-refractivity contribution in [1.82, 2.24) is 5.32 Å². The number of nitrogens with one attached hydrogen (secondary N) is 1. The van der Waals surface area contributed by atoms with E-state index in [2.05, 4.69) is 5.32 Å². The van der Waals surface area contributed by atoms with Gasteiger partial charge in [0.15, 0.2) is 0 Å². The molecule has 3 N–H and O–H groups in total. The SMILES string of the molecule is NC(Cc1ccccc1)c1c(N2CCNCC2)cccc1C(F)(F)F. The van der Waals surface area contributed by atoms with Crippen LogP contribution in [-0.2, 0) is 12.6 Å². The van der Waals surface area contributed by atoms with Gasteiger partial charge >= 0.3 is 6.18 Å². The van der Waals surface area contributed by atoms with Crippen LogP contribution < -0.4 is 16.0 Å². The van der Waals surface area contributed by atoms with Crippen LogP contribution >= 0.6 is 0 Å². The maximum atomic E-state index is 13.6. The van der Waals surface area contributed by atoms with Crippen LogP contribution in [0, 0.1) is 0 Å². The number of piperazine rings is 1. The molecule has 3 rings (SSSR count). The zero-order valence-electron chi connectivity index (χ0n) is 13.9. The molecular formula is C19H22F3N3. The second-order valence-corrected chi connectivity index (χ2v) is 6.27. The van der Waals surface area contributed by atoms with Gasteiger partial charge in [-0.05, 0) is 24.1 Å². The third kappa shape index (κ3) is 4.14. The quantitative estimate of drug-likeness (QED) is 0.889. The van der Waals surface area contributed by atoms with Crippen LogP contribution in [0.1, 0.15) is 22.7 Å². The van der Waals surface area contributed by atoms with Crippen molar-refractivity contribution in [3.63, 3.8) is 0 Å². The van der Waals surface area contributed by atoms with Crippen LogP contribution in [0.25, 0.3) is 0 Å². The number of benzene rings is 2. The van der Waals surface area contributed by atoms with Crippen molar-refractivity contribution in [3.05, 3.63) is 65.2 Å². The molecule has 0 bridgehead atoms. The lowest BCUT2D eigenvalue weighted by atomic mass is 9.92. The molecule has 1 saturated heterocycles. The van der Waals surface area contributed by atoms with Crippen LogP contribution in [-0.4, -0.2) is 26.2 Å². The summed E-state index contributed by atoms with van der Waals surface area (Å²) in [5, 5.41) is 3.22. The van der Waals surface area contributed by atoms with Crippen molar-refractivity contribution in [2.75, 3.05) is 31.1 Å². The molecule has 0 aliphatic carbocycles. The molecule has 3 nitrogen and oxygen atoms in total. The van der Waals surface area contributed by atoms with E-state index in [0.29, 0.717) is 25.2 Å². The number of hydrogen-bond acceptors (Lipinski definition) is 3. The Bertz CT molecular complexity index is 695. The Morgan fingerprint density at radius 1 is 1.00 bits per heavy atom. The highest BCUT2D eigenvalue weighted by Gasteiger charge is 2.36. The summed E-state index contributed by atoms with van der Waals surface area (Å²) in [7, 11) is 0. The summed E-state index contributed by atoms with van der Waals surface area (Å²) in [5.74, 6) is 0. The molecule has 1 heterocycles. The smallest absolute Gasteiger partial charge is 0.369 e. The monoisotopic (exact) mass is 349 g/mol. The van der Waals surface area contributed by atoms with Gasteiger partial charge in [0.25, 0.3) is 0 Å². The third-order valence-corrected chi connectivity index (χ3v) is 4.52. The number of rotatable bonds is 4. The minimum atomic E-state index is -4.42. The lowest BCUT2D eigenvalue weighted by molar-refractivity contribution is -0.138. The topological polar surface area (TPSA) is 41.3 Å². The summed E-state index contributed by atoms with van der Waals surface area (Å²) in [6, 6.07) is 13.0. The maximum absolute atomic E-state index is 13.6. The Morgan fingerprint density at radius 3 is 2.32 bits per heavy atom. The first-order chi connectivity index (χ1) is 12.0. The summed E-state index contributed by atoms with van der Waals surface area (Å²) in [6.07, 6.45) is -4.05. The molecule has 134 valence electrons. The zero-order valence-corrected chi connectivity index (χ0v) is 13.9. The number of hydrogen-bond donors (Lipinski definition) is 2. The normalized spacial score (nSPS) is 16.7. The summed E-state index contributed by atoms with van der Waals surface area (Å²) < 4.78 is 40.8. The van der Waals surface area contributed by atoms with Gasteiger partial charge in [0.05, 0.1) is 5.56 Å². The van der Waals surface area contributed by atoms with Gasteiger partial charge in [-0.15, -0.1) is 0 Å². The van der Waals surface area contributed by atoms with Gasteiger partial charge in [-0.3, -0.25) is 0 Å². The molecule has 1 aliphatic heterocycles. The highest BCUT2D eigenvalue weighted by atomic mass is 19.4. The van der Waals surface area contributed by atoms with Crippen molar-refractivity contribution in [2.45, 2.75) is 18.6 Å². The van der Waals surface area contributed by atoms with Crippen molar-refractivity contribution < 1.29 is 13.2 Å². The van der Waals surface area contributed by atoms with E-state index in [9.17, 15) is 13.2 Å². The van der Waals surface area contributed by atoms with E-state index in [0.717, 1.165) is 24.7 Å². The van der Waals surface area contributed by atoms with E-state index >= 15 is 0 Å². The summed E-state index contributed by atoms with van der Waals surface area (Å²) in [6.45, 7) is 2.85. The van der Waals surface area contributed by atoms with E-state index in [1.54, 1.807) is 6.07 Å². The van der Waals surface area contributed by atoms with Gasteiger partial charge in [-0.2, -0.15) is 13.2 Å². The van der Waals surface area contributed by atoms with Gasteiger partial charge in [0.1, 0.15) is 0 Å². The van der Waals surface area contributed by atoms with Crippen molar-refractivity contribution in [1.29, 1.82) is 0 Å². The first-order valence-electron chi connectivity index (χ1n) is 8.42. The molecule has 1 unspecified atom stereocenters. The third-order valence-electron chi connectivity index (χ3n) is 4.52. The van der Waals surface area contributed by atoms with Crippen molar-refractivity contribution in [3.8, 4) is 0 Å². The highest BCUT2D eigenvalue weighted by molar-refractivity contribution is 5.59. The van der Waals surface area contributed by atoms with E-state index in [1.807, 2.05) is 35.2 Å². The van der Waals surface area contributed by atoms with Gasteiger partial charge in [-0.1, -0.05) is 36.4 Å². The molecule has 2 aromatic carbocycles. The zero-order chi connectivity index (χ0) is 17.9. The standard InChI is InChI=1S/C19H22F3N3/c20-19(21,22)15-7-4-8-17(25-11-9-24-10-12-25)18(15)16(23)13-14-5-2-1-3-6-14/h1-8,16,24H,9-13,23H2. The molecule has 2 aromatic rings. The van der Waals surface area contributed by atoms with E-state index in [1.165, 1.54) is 6.07 Å². The van der Waals surface area contributed by atoms with Crippen molar-refractivity contribution >= 4 is 5.69 Å². The molecule has 25 heavy (non-hydrogen) atoms. The van der Waals surface area contributed by atoms with Crippen LogP contribution in [0.2, 0.25) is 0 Å². The van der Waals surface area contributed by atoms with E-state index in [4.69, 9.17) is 5.73 Å².